The van der Waals surface area contributed by atoms with Crippen molar-refractivity contribution in [1.82, 2.24) is 9.78 Å². The number of aryl methyl sites for hydroxylation is 2. The summed E-state index contributed by atoms with van der Waals surface area (Å²) < 4.78 is 1.89. The first-order chi connectivity index (χ1) is 10.1. The molecule has 0 aliphatic carbocycles. The third-order valence-electron chi connectivity index (χ3n) is 4.14. The molecule has 0 aliphatic rings. The third-order valence-corrected chi connectivity index (χ3v) is 4.57. The van der Waals surface area contributed by atoms with Gasteiger partial charge in [-0.05, 0) is 12.8 Å². The summed E-state index contributed by atoms with van der Waals surface area (Å²) in [5.41, 5.74) is 8.33. The molecule has 1 rings (SSSR count). The van der Waals surface area contributed by atoms with E-state index in [2.05, 4.69) is 18.9 Å². The van der Waals surface area contributed by atoms with Crippen LogP contribution >= 0.6 is 11.6 Å². The average Bonchev–Trinajstić information content (AvgIpc) is 2.73. The van der Waals surface area contributed by atoms with Crippen LogP contribution in [0.1, 0.15) is 76.6 Å². The summed E-state index contributed by atoms with van der Waals surface area (Å²) in [7, 11) is 1.96. The van der Waals surface area contributed by atoms with Gasteiger partial charge in [-0.3, -0.25) is 4.68 Å². The molecule has 122 valence electrons. The molecule has 0 bridgehead atoms. The van der Waals surface area contributed by atoms with Crippen LogP contribution in [0.25, 0.3) is 0 Å². The van der Waals surface area contributed by atoms with Gasteiger partial charge in [0.2, 0.25) is 0 Å². The molecular formula is C17H32ClN3. The van der Waals surface area contributed by atoms with Crippen LogP contribution in [0.2, 0.25) is 5.02 Å². The molecule has 0 fully saturated rings. The van der Waals surface area contributed by atoms with Crippen molar-refractivity contribution in [2.45, 2.75) is 84.1 Å². The lowest BCUT2D eigenvalue weighted by atomic mass is 10.0. The van der Waals surface area contributed by atoms with Crippen LogP contribution in [0, 0.1) is 0 Å². The highest BCUT2D eigenvalue weighted by molar-refractivity contribution is 6.31. The molecule has 1 heterocycles. The quantitative estimate of drug-likeness (QED) is 0.604. The first-order valence-electron chi connectivity index (χ1n) is 8.55. The van der Waals surface area contributed by atoms with Gasteiger partial charge in [-0.15, -0.1) is 0 Å². The number of nitrogens with zero attached hydrogens (tertiary/aromatic N) is 2. The van der Waals surface area contributed by atoms with Crippen molar-refractivity contribution in [3.05, 3.63) is 16.4 Å². The zero-order chi connectivity index (χ0) is 15.7. The predicted molar refractivity (Wildman–Crippen MR) is 91.9 cm³/mol. The van der Waals surface area contributed by atoms with Crippen molar-refractivity contribution in [2.75, 3.05) is 0 Å². The lowest BCUT2D eigenvalue weighted by Crippen LogP contribution is -2.24. The molecule has 1 aromatic heterocycles. The molecule has 3 nitrogen and oxygen atoms in total. The zero-order valence-corrected chi connectivity index (χ0v) is 14.8. The van der Waals surface area contributed by atoms with E-state index in [9.17, 15) is 0 Å². The Kier molecular flexibility index (Phi) is 9.02. The summed E-state index contributed by atoms with van der Waals surface area (Å²) in [6.07, 6.45) is 12.1. The standard InChI is InChI=1S/C17H32ClN3/c1-4-6-7-8-9-10-11-12-14(19)13-16-17(18)15(5-2)20-21(16)3/h14H,4-13,19H2,1-3H3. The summed E-state index contributed by atoms with van der Waals surface area (Å²) in [5.74, 6) is 0. The second-order valence-electron chi connectivity index (χ2n) is 6.06. The molecule has 1 aromatic rings. The Morgan fingerprint density at radius 2 is 1.71 bits per heavy atom. The van der Waals surface area contributed by atoms with E-state index in [1.165, 1.54) is 44.9 Å². The van der Waals surface area contributed by atoms with Gasteiger partial charge in [0.05, 0.1) is 16.4 Å². The molecule has 0 amide bonds. The van der Waals surface area contributed by atoms with Crippen LogP contribution < -0.4 is 5.73 Å². The molecule has 0 aliphatic heterocycles. The SMILES string of the molecule is CCCCCCCCCC(N)Cc1c(Cl)c(CC)nn1C. The Morgan fingerprint density at radius 1 is 1.10 bits per heavy atom. The van der Waals surface area contributed by atoms with Crippen molar-refractivity contribution in [3.63, 3.8) is 0 Å². The Balaban J connectivity index is 2.25. The van der Waals surface area contributed by atoms with Crippen LogP contribution in [0.15, 0.2) is 0 Å². The van der Waals surface area contributed by atoms with Gasteiger partial charge in [0.25, 0.3) is 0 Å². The van der Waals surface area contributed by atoms with Crippen molar-refractivity contribution < 1.29 is 0 Å². The van der Waals surface area contributed by atoms with E-state index < -0.39 is 0 Å². The van der Waals surface area contributed by atoms with E-state index in [1.54, 1.807) is 0 Å². The highest BCUT2D eigenvalue weighted by Crippen LogP contribution is 2.22. The summed E-state index contributed by atoms with van der Waals surface area (Å²) in [4.78, 5) is 0. The molecule has 0 saturated carbocycles. The Hall–Kier alpha value is -0.540. The molecule has 2 N–H and O–H groups in total. The molecule has 0 radical (unpaired) electrons. The fraction of sp³-hybridized carbons (Fsp3) is 0.824. The molecule has 1 atom stereocenters. The van der Waals surface area contributed by atoms with Crippen LogP contribution in [0.4, 0.5) is 0 Å². The highest BCUT2D eigenvalue weighted by Gasteiger charge is 2.15. The van der Waals surface area contributed by atoms with Crippen LogP contribution in [0.5, 0.6) is 0 Å². The van der Waals surface area contributed by atoms with E-state index in [1.807, 2.05) is 11.7 Å². The number of halogens is 1. The fourth-order valence-corrected chi connectivity index (χ4v) is 3.13. The van der Waals surface area contributed by atoms with Gasteiger partial charge in [-0.25, -0.2) is 0 Å². The normalized spacial score (nSPS) is 12.8. The number of nitrogens with two attached hydrogens (primary N) is 1. The lowest BCUT2D eigenvalue weighted by molar-refractivity contribution is 0.518. The largest absolute Gasteiger partial charge is 0.327 e. The van der Waals surface area contributed by atoms with Crippen molar-refractivity contribution in [2.24, 2.45) is 12.8 Å². The number of rotatable bonds is 11. The number of unbranched alkanes of at least 4 members (excludes halogenated alkanes) is 6. The first-order valence-corrected chi connectivity index (χ1v) is 8.93. The van der Waals surface area contributed by atoms with Crippen molar-refractivity contribution >= 4 is 11.6 Å². The lowest BCUT2D eigenvalue weighted by Gasteiger charge is -2.12. The minimum absolute atomic E-state index is 0.193. The summed E-state index contributed by atoms with van der Waals surface area (Å²) in [6.45, 7) is 4.34. The van der Waals surface area contributed by atoms with Gasteiger partial charge in [0.1, 0.15) is 0 Å². The topological polar surface area (TPSA) is 43.8 Å². The number of aromatic nitrogens is 2. The van der Waals surface area contributed by atoms with Gasteiger partial charge >= 0.3 is 0 Å². The van der Waals surface area contributed by atoms with Crippen molar-refractivity contribution in [1.29, 1.82) is 0 Å². The molecule has 0 spiro atoms. The fourth-order valence-electron chi connectivity index (χ4n) is 2.76. The smallest absolute Gasteiger partial charge is 0.0850 e. The molecule has 0 saturated heterocycles. The summed E-state index contributed by atoms with van der Waals surface area (Å²) in [5, 5.41) is 5.26. The Morgan fingerprint density at radius 3 is 2.29 bits per heavy atom. The van der Waals surface area contributed by atoms with Gasteiger partial charge in [0, 0.05) is 19.5 Å². The van der Waals surface area contributed by atoms with Gasteiger partial charge in [0.15, 0.2) is 0 Å². The maximum Gasteiger partial charge on any atom is 0.0850 e. The van der Waals surface area contributed by atoms with E-state index in [4.69, 9.17) is 17.3 Å². The predicted octanol–water partition coefficient (Wildman–Crippen LogP) is 4.65. The summed E-state index contributed by atoms with van der Waals surface area (Å²) in [6, 6.07) is 0.193. The minimum atomic E-state index is 0.193. The second-order valence-corrected chi connectivity index (χ2v) is 6.44. The Bertz CT molecular complexity index is 401. The van der Waals surface area contributed by atoms with Crippen LogP contribution in [-0.2, 0) is 19.9 Å². The van der Waals surface area contributed by atoms with Crippen LogP contribution in [-0.4, -0.2) is 15.8 Å². The number of hydrogen-bond donors (Lipinski definition) is 1. The number of hydrogen-bond acceptors (Lipinski definition) is 2. The van der Waals surface area contributed by atoms with Gasteiger partial charge < -0.3 is 5.73 Å². The Labute approximate surface area is 135 Å². The average molecular weight is 314 g/mol. The van der Waals surface area contributed by atoms with Gasteiger partial charge in [-0.2, -0.15) is 5.10 Å². The maximum absolute atomic E-state index is 6.37. The zero-order valence-electron chi connectivity index (χ0n) is 14.0. The van der Waals surface area contributed by atoms with E-state index >= 15 is 0 Å². The molecule has 21 heavy (non-hydrogen) atoms. The maximum atomic E-state index is 6.37. The van der Waals surface area contributed by atoms with Crippen molar-refractivity contribution in [3.8, 4) is 0 Å². The van der Waals surface area contributed by atoms with E-state index in [0.717, 1.165) is 35.7 Å². The molecule has 1 unspecified atom stereocenters. The monoisotopic (exact) mass is 313 g/mol. The van der Waals surface area contributed by atoms with E-state index in [0.29, 0.717) is 0 Å². The first kappa shape index (κ1) is 18.5. The minimum Gasteiger partial charge on any atom is -0.327 e. The molecular weight excluding hydrogens is 282 g/mol. The highest BCUT2D eigenvalue weighted by atomic mass is 35.5. The second kappa shape index (κ2) is 10.2. The van der Waals surface area contributed by atoms with Gasteiger partial charge in [-0.1, -0.05) is 70.4 Å². The molecule has 4 heteroatoms. The molecule has 0 aromatic carbocycles. The summed E-state index contributed by atoms with van der Waals surface area (Å²) >= 11 is 6.37. The van der Waals surface area contributed by atoms with E-state index in [-0.39, 0.29) is 6.04 Å². The van der Waals surface area contributed by atoms with Crippen LogP contribution in [0.3, 0.4) is 0 Å². The third kappa shape index (κ3) is 6.39.